The molecule has 0 spiro atoms. The van der Waals surface area contributed by atoms with Gasteiger partial charge < -0.3 is 24.6 Å². The lowest BCUT2D eigenvalue weighted by Crippen LogP contribution is -2.48. The Morgan fingerprint density at radius 3 is 2.80 bits per heavy atom. The molecule has 1 aliphatic rings. The molecule has 1 aliphatic heterocycles. The number of aliphatic hydroxyl groups excluding tert-OH is 2. The molecule has 3 atom stereocenters. The summed E-state index contributed by atoms with van der Waals surface area (Å²) in [5, 5.41) is 19.4. The van der Waals surface area contributed by atoms with Gasteiger partial charge in [0, 0.05) is 24.3 Å². The van der Waals surface area contributed by atoms with Crippen LogP contribution in [0.1, 0.15) is 25.5 Å². The molecule has 5 nitrogen and oxygen atoms in total. The molecule has 2 rings (SSSR count). The Morgan fingerprint density at radius 1 is 1.45 bits per heavy atom. The normalized spacial score (nSPS) is 24.6. The predicted octanol–water partition coefficient (Wildman–Crippen LogP) is 1.33. The number of aliphatic hydroxyl groups is 2. The molecule has 2 unspecified atom stereocenters. The predicted molar refractivity (Wildman–Crippen MR) is 77.3 cm³/mol. The lowest BCUT2D eigenvalue weighted by Gasteiger charge is -2.39. The first kappa shape index (κ1) is 15.1. The van der Waals surface area contributed by atoms with Gasteiger partial charge in [0.15, 0.2) is 0 Å². The van der Waals surface area contributed by atoms with Crippen molar-refractivity contribution in [2.24, 2.45) is 0 Å². The second-order valence-corrected chi connectivity index (χ2v) is 5.23. The molecule has 20 heavy (non-hydrogen) atoms. The highest BCUT2D eigenvalue weighted by Gasteiger charge is 2.28. The van der Waals surface area contributed by atoms with Gasteiger partial charge in [-0.05, 0) is 26.0 Å². The number of hydrogen-bond donors (Lipinski definition) is 2. The maximum Gasteiger partial charge on any atom is 0.126 e. The van der Waals surface area contributed by atoms with Crippen molar-refractivity contribution < 1.29 is 19.7 Å². The third-order valence-corrected chi connectivity index (χ3v) is 3.55. The highest BCUT2D eigenvalue weighted by atomic mass is 16.5. The van der Waals surface area contributed by atoms with E-state index < -0.39 is 6.10 Å². The molecule has 0 aromatic heterocycles. The van der Waals surface area contributed by atoms with Gasteiger partial charge in [0.2, 0.25) is 0 Å². The molecule has 1 saturated heterocycles. The van der Waals surface area contributed by atoms with Gasteiger partial charge in [-0.1, -0.05) is 6.07 Å². The van der Waals surface area contributed by atoms with Gasteiger partial charge in [-0.25, -0.2) is 0 Å². The molecule has 112 valence electrons. The zero-order valence-electron chi connectivity index (χ0n) is 12.2. The monoisotopic (exact) mass is 281 g/mol. The summed E-state index contributed by atoms with van der Waals surface area (Å²) in [7, 11) is 1.60. The second kappa shape index (κ2) is 6.43. The molecule has 0 aliphatic carbocycles. The maximum atomic E-state index is 10.0. The van der Waals surface area contributed by atoms with Crippen molar-refractivity contribution in [3.63, 3.8) is 0 Å². The van der Waals surface area contributed by atoms with Crippen molar-refractivity contribution >= 4 is 5.69 Å². The zero-order valence-corrected chi connectivity index (χ0v) is 12.2. The third kappa shape index (κ3) is 3.06. The zero-order chi connectivity index (χ0) is 14.7. The third-order valence-electron chi connectivity index (χ3n) is 3.55. The Labute approximate surface area is 119 Å². The van der Waals surface area contributed by atoms with Crippen molar-refractivity contribution in [3.8, 4) is 5.75 Å². The number of ether oxygens (including phenoxy) is 2. The molecule has 0 bridgehead atoms. The first-order valence-corrected chi connectivity index (χ1v) is 6.93. The number of anilines is 1. The van der Waals surface area contributed by atoms with Crippen LogP contribution in [0.2, 0.25) is 0 Å². The summed E-state index contributed by atoms with van der Waals surface area (Å²) in [6.45, 7) is 5.04. The highest BCUT2D eigenvalue weighted by molar-refractivity contribution is 5.60. The Balaban J connectivity index is 2.36. The number of hydrogen-bond acceptors (Lipinski definition) is 5. The van der Waals surface area contributed by atoms with E-state index in [2.05, 4.69) is 4.90 Å². The van der Waals surface area contributed by atoms with Gasteiger partial charge in [-0.15, -0.1) is 0 Å². The highest BCUT2D eigenvalue weighted by Crippen LogP contribution is 2.35. The van der Waals surface area contributed by atoms with Crippen molar-refractivity contribution in [1.29, 1.82) is 0 Å². The molecule has 0 saturated carbocycles. The van der Waals surface area contributed by atoms with Crippen LogP contribution in [0.25, 0.3) is 0 Å². The van der Waals surface area contributed by atoms with Gasteiger partial charge in [0.25, 0.3) is 0 Å². The summed E-state index contributed by atoms with van der Waals surface area (Å²) in [6, 6.07) is 5.73. The number of benzene rings is 1. The average Bonchev–Trinajstić information content (AvgIpc) is 2.45. The molecule has 1 aromatic rings. The summed E-state index contributed by atoms with van der Waals surface area (Å²) in [5.74, 6) is 0.678. The van der Waals surface area contributed by atoms with E-state index in [4.69, 9.17) is 9.47 Å². The lowest BCUT2D eigenvalue weighted by molar-refractivity contribution is -0.0422. The fourth-order valence-corrected chi connectivity index (χ4v) is 2.75. The minimum atomic E-state index is -0.619. The van der Waals surface area contributed by atoms with E-state index in [-0.39, 0.29) is 18.8 Å². The number of morpholine rings is 1. The molecular formula is C15H23NO4. The Kier molecular flexibility index (Phi) is 4.86. The Hall–Kier alpha value is -1.30. The molecular weight excluding hydrogens is 258 g/mol. The van der Waals surface area contributed by atoms with E-state index in [0.29, 0.717) is 12.3 Å². The Bertz CT molecular complexity index is 449. The van der Waals surface area contributed by atoms with Crippen LogP contribution >= 0.6 is 0 Å². The van der Waals surface area contributed by atoms with E-state index in [9.17, 15) is 10.2 Å². The van der Waals surface area contributed by atoms with Crippen molar-refractivity contribution in [3.05, 3.63) is 23.8 Å². The standard InChI is InChI=1S/C15H23NO4/c1-10-7-16(8-12(9-17)20-10)13-5-4-6-14(19-3)15(13)11(2)18/h4-6,10-12,17-18H,7-9H2,1-3H3/t10?,11-,12?/m0/s1. The topological polar surface area (TPSA) is 62.2 Å². The maximum absolute atomic E-state index is 10.0. The summed E-state index contributed by atoms with van der Waals surface area (Å²) >= 11 is 0. The van der Waals surface area contributed by atoms with Crippen LogP contribution in [0.4, 0.5) is 5.69 Å². The van der Waals surface area contributed by atoms with E-state index in [1.165, 1.54) is 0 Å². The molecule has 5 heteroatoms. The summed E-state index contributed by atoms with van der Waals surface area (Å²) < 4.78 is 11.0. The molecule has 1 fully saturated rings. The van der Waals surface area contributed by atoms with E-state index >= 15 is 0 Å². The van der Waals surface area contributed by atoms with E-state index in [1.807, 2.05) is 25.1 Å². The van der Waals surface area contributed by atoms with Crippen LogP contribution in [0.15, 0.2) is 18.2 Å². The number of methoxy groups -OCH3 is 1. The molecule has 0 amide bonds. The van der Waals surface area contributed by atoms with Gasteiger partial charge in [0.05, 0.1) is 32.0 Å². The molecule has 1 aromatic carbocycles. The fourth-order valence-electron chi connectivity index (χ4n) is 2.75. The number of nitrogens with zero attached hydrogens (tertiary/aromatic N) is 1. The van der Waals surface area contributed by atoms with E-state index in [0.717, 1.165) is 17.8 Å². The smallest absolute Gasteiger partial charge is 0.126 e. The van der Waals surface area contributed by atoms with Crippen LogP contribution in [0.5, 0.6) is 5.75 Å². The SMILES string of the molecule is COc1cccc(N2CC(C)OC(CO)C2)c1[C@H](C)O. The summed E-state index contributed by atoms with van der Waals surface area (Å²) in [4.78, 5) is 2.14. The minimum absolute atomic E-state index is 0.00514. The van der Waals surface area contributed by atoms with Crippen LogP contribution in [-0.2, 0) is 4.74 Å². The first-order chi connectivity index (χ1) is 9.56. The molecule has 0 radical (unpaired) electrons. The van der Waals surface area contributed by atoms with Gasteiger partial charge in [-0.2, -0.15) is 0 Å². The van der Waals surface area contributed by atoms with Gasteiger partial charge >= 0.3 is 0 Å². The second-order valence-electron chi connectivity index (χ2n) is 5.23. The van der Waals surface area contributed by atoms with Crippen LogP contribution < -0.4 is 9.64 Å². The number of rotatable bonds is 4. The van der Waals surface area contributed by atoms with E-state index in [1.54, 1.807) is 14.0 Å². The fraction of sp³-hybridized carbons (Fsp3) is 0.600. The molecule has 1 heterocycles. The van der Waals surface area contributed by atoms with Crippen molar-refractivity contribution in [2.75, 3.05) is 31.7 Å². The van der Waals surface area contributed by atoms with Gasteiger partial charge in [-0.3, -0.25) is 0 Å². The quantitative estimate of drug-likeness (QED) is 0.872. The Morgan fingerprint density at radius 2 is 2.20 bits per heavy atom. The van der Waals surface area contributed by atoms with Crippen LogP contribution in [-0.4, -0.2) is 49.2 Å². The van der Waals surface area contributed by atoms with Crippen molar-refractivity contribution in [1.82, 2.24) is 0 Å². The van der Waals surface area contributed by atoms with Gasteiger partial charge in [0.1, 0.15) is 5.75 Å². The largest absolute Gasteiger partial charge is 0.496 e. The average molecular weight is 281 g/mol. The molecule has 2 N–H and O–H groups in total. The summed E-state index contributed by atoms with van der Waals surface area (Å²) in [6.07, 6.45) is -0.785. The summed E-state index contributed by atoms with van der Waals surface area (Å²) in [5.41, 5.74) is 1.72. The lowest BCUT2D eigenvalue weighted by atomic mass is 10.0. The van der Waals surface area contributed by atoms with Crippen LogP contribution in [0, 0.1) is 0 Å². The van der Waals surface area contributed by atoms with Crippen molar-refractivity contribution in [2.45, 2.75) is 32.2 Å². The first-order valence-electron chi connectivity index (χ1n) is 6.93. The van der Waals surface area contributed by atoms with Crippen LogP contribution in [0.3, 0.4) is 0 Å². The minimum Gasteiger partial charge on any atom is -0.496 e.